The zero-order valence-electron chi connectivity index (χ0n) is 21.8. The van der Waals surface area contributed by atoms with Gasteiger partial charge in [-0.25, -0.2) is 9.37 Å². The van der Waals surface area contributed by atoms with Crippen LogP contribution >= 0.6 is 23.2 Å². The Balaban J connectivity index is 1.08. The molecule has 3 aromatic heterocycles. The third kappa shape index (κ3) is 4.66. The predicted molar refractivity (Wildman–Crippen MR) is 146 cm³/mol. The molecule has 6 heterocycles. The van der Waals surface area contributed by atoms with Crippen molar-refractivity contribution < 1.29 is 18.6 Å². The van der Waals surface area contributed by atoms with Crippen molar-refractivity contribution in [2.45, 2.75) is 57.1 Å². The summed E-state index contributed by atoms with van der Waals surface area (Å²) in [4.78, 5) is 11.6. The Morgan fingerprint density at radius 2 is 1.85 bits per heavy atom. The van der Waals surface area contributed by atoms with Crippen LogP contribution in [0.5, 0.6) is 11.5 Å². The lowest BCUT2D eigenvalue weighted by atomic mass is 9.88. The number of imidazole rings is 1. The first-order valence-corrected chi connectivity index (χ1v) is 14.2. The normalized spacial score (nSPS) is 23.1. The average Bonchev–Trinajstić information content (AvgIpc) is 3.45. The van der Waals surface area contributed by atoms with Crippen LogP contribution < -0.4 is 9.47 Å². The van der Waals surface area contributed by atoms with E-state index in [9.17, 15) is 4.39 Å². The smallest absolute Gasteiger partial charge is 0.292 e. The number of hydrogen-bond donors (Lipinski definition) is 0. The van der Waals surface area contributed by atoms with E-state index in [2.05, 4.69) is 24.6 Å². The van der Waals surface area contributed by atoms with Crippen molar-refractivity contribution in [2.75, 3.05) is 19.7 Å². The van der Waals surface area contributed by atoms with Gasteiger partial charge in [0.1, 0.15) is 17.0 Å². The number of pyridine rings is 1. The van der Waals surface area contributed by atoms with Crippen LogP contribution in [0.25, 0.3) is 11.2 Å². The fourth-order valence-corrected chi connectivity index (χ4v) is 5.98. The molecule has 0 spiro atoms. The second kappa shape index (κ2) is 10.1. The van der Waals surface area contributed by atoms with Gasteiger partial charge in [0, 0.05) is 31.4 Å². The number of aromatic nitrogens is 5. The van der Waals surface area contributed by atoms with Crippen molar-refractivity contribution in [1.82, 2.24) is 29.6 Å². The Labute approximate surface area is 240 Å². The van der Waals surface area contributed by atoms with Gasteiger partial charge in [0.2, 0.25) is 5.75 Å². The molecule has 0 radical (unpaired) electrons. The van der Waals surface area contributed by atoms with Crippen molar-refractivity contribution in [3.05, 3.63) is 69.6 Å². The quantitative estimate of drug-likeness (QED) is 0.294. The highest BCUT2D eigenvalue weighted by atomic mass is 35.5. The van der Waals surface area contributed by atoms with E-state index in [0.29, 0.717) is 34.7 Å². The molecule has 3 aliphatic heterocycles. The fraction of sp³-hybridized carbons (Fsp3) is 0.429. The Hall–Kier alpha value is -3.05. The van der Waals surface area contributed by atoms with E-state index in [1.807, 2.05) is 6.07 Å². The molecule has 1 unspecified atom stereocenters. The van der Waals surface area contributed by atoms with E-state index < -0.39 is 11.6 Å². The second-order valence-corrected chi connectivity index (χ2v) is 11.5. The van der Waals surface area contributed by atoms with Crippen LogP contribution in [0, 0.1) is 5.82 Å². The lowest BCUT2D eigenvalue weighted by Crippen LogP contribution is -2.35. The molecule has 0 N–H and O–H groups in total. The highest BCUT2D eigenvalue weighted by Crippen LogP contribution is 2.50. The van der Waals surface area contributed by atoms with Crippen molar-refractivity contribution in [1.29, 1.82) is 0 Å². The van der Waals surface area contributed by atoms with Crippen LogP contribution in [0.4, 0.5) is 4.39 Å². The molecule has 0 saturated carbocycles. The number of rotatable bonds is 6. The van der Waals surface area contributed by atoms with Crippen molar-refractivity contribution in [3.8, 4) is 11.5 Å². The molecule has 40 heavy (non-hydrogen) atoms. The van der Waals surface area contributed by atoms with Crippen molar-refractivity contribution in [3.63, 3.8) is 0 Å². The summed E-state index contributed by atoms with van der Waals surface area (Å²) >= 11 is 12.1. The second-order valence-electron chi connectivity index (χ2n) is 10.7. The molecular formula is C28H27Cl2FN6O3. The number of likely N-dealkylation sites (tertiary alicyclic amines) is 1. The first-order valence-electron chi connectivity index (χ1n) is 13.4. The number of nitrogens with zero attached hydrogens (tertiary/aromatic N) is 6. The van der Waals surface area contributed by atoms with E-state index >= 15 is 0 Å². The molecule has 0 amide bonds. The van der Waals surface area contributed by atoms with Gasteiger partial charge in [-0.1, -0.05) is 29.3 Å². The minimum atomic E-state index is -1.24. The lowest BCUT2D eigenvalue weighted by Gasteiger charge is -2.33. The summed E-state index contributed by atoms with van der Waals surface area (Å²) < 4.78 is 35.0. The molecule has 0 aliphatic carbocycles. The Morgan fingerprint density at radius 1 is 1.05 bits per heavy atom. The van der Waals surface area contributed by atoms with Crippen LogP contribution in [0.1, 0.15) is 49.2 Å². The summed E-state index contributed by atoms with van der Waals surface area (Å²) in [6, 6.07) is 8.48. The number of halogens is 3. The Kier molecular flexibility index (Phi) is 6.53. The van der Waals surface area contributed by atoms with Gasteiger partial charge in [-0.15, -0.1) is 10.2 Å². The number of fused-ring (bicyclic) bond motifs is 2. The summed E-state index contributed by atoms with van der Waals surface area (Å²) in [5.41, 5.74) is 2.94. The molecule has 3 aliphatic rings. The molecule has 2 saturated heterocycles. The highest BCUT2D eigenvalue weighted by molar-refractivity contribution is 6.30. The first kappa shape index (κ1) is 25.9. The number of ether oxygens (including phenoxy) is 3. The van der Waals surface area contributed by atoms with E-state index in [4.69, 9.17) is 42.4 Å². The molecule has 0 bridgehead atoms. The standard InChI is InChI=1S/C28H27Cl2FN6O3/c1-28(22-5-2-17(29)13-32-22)39-25-19(3-4-20(31)26(25)40-28)16-6-9-36(10-7-16)15-24-33-21-12-23(30)34-35-27(21)37(24)14-18-8-11-38-18/h2-5,12-13,16,18H,6-11,14-15H2,1H3/t18-,28?/m0/s1. The van der Waals surface area contributed by atoms with Gasteiger partial charge in [-0.05, 0) is 56.5 Å². The molecular weight excluding hydrogens is 558 g/mol. The highest BCUT2D eigenvalue weighted by Gasteiger charge is 2.44. The van der Waals surface area contributed by atoms with Crippen molar-refractivity contribution >= 4 is 34.4 Å². The first-order chi connectivity index (χ1) is 19.4. The third-order valence-electron chi connectivity index (χ3n) is 7.99. The molecule has 4 aromatic rings. The number of hydrogen-bond acceptors (Lipinski definition) is 8. The molecule has 2 fully saturated rings. The van der Waals surface area contributed by atoms with Crippen LogP contribution in [0.15, 0.2) is 36.5 Å². The monoisotopic (exact) mass is 584 g/mol. The van der Waals surface area contributed by atoms with Gasteiger partial charge >= 0.3 is 0 Å². The van der Waals surface area contributed by atoms with Crippen LogP contribution in [-0.2, 0) is 23.6 Å². The van der Waals surface area contributed by atoms with E-state index in [-0.39, 0.29) is 17.8 Å². The average molecular weight is 585 g/mol. The largest absolute Gasteiger partial charge is 0.443 e. The lowest BCUT2D eigenvalue weighted by molar-refractivity contribution is -0.0734. The Bertz CT molecular complexity index is 1570. The van der Waals surface area contributed by atoms with Crippen LogP contribution in [0.3, 0.4) is 0 Å². The third-order valence-corrected chi connectivity index (χ3v) is 8.40. The minimum Gasteiger partial charge on any atom is -0.443 e. The SMILES string of the molecule is CC1(c2ccc(Cl)cn2)Oc2c(F)ccc(C3CCN(Cc4nc5cc(Cl)nnc5n4C[C@@H]4CCO4)CC3)c2O1. The number of benzene rings is 1. The molecule has 208 valence electrons. The minimum absolute atomic E-state index is 0.130. The fourth-order valence-electron chi connectivity index (χ4n) is 5.73. The van der Waals surface area contributed by atoms with E-state index in [1.54, 1.807) is 25.1 Å². The van der Waals surface area contributed by atoms with Gasteiger partial charge in [-0.3, -0.25) is 9.88 Å². The maximum Gasteiger partial charge on any atom is 0.292 e. The summed E-state index contributed by atoms with van der Waals surface area (Å²) in [6.45, 7) is 5.60. The van der Waals surface area contributed by atoms with Gasteiger partial charge in [-0.2, -0.15) is 0 Å². The summed E-state index contributed by atoms with van der Waals surface area (Å²) in [6.07, 6.45) is 4.48. The van der Waals surface area contributed by atoms with E-state index in [0.717, 1.165) is 61.5 Å². The van der Waals surface area contributed by atoms with Gasteiger partial charge in [0.05, 0.1) is 24.2 Å². The molecule has 1 aromatic carbocycles. The van der Waals surface area contributed by atoms with Gasteiger partial charge in [0.25, 0.3) is 5.79 Å². The van der Waals surface area contributed by atoms with Crippen LogP contribution in [0.2, 0.25) is 10.2 Å². The molecule has 12 heteroatoms. The zero-order valence-corrected chi connectivity index (χ0v) is 23.3. The maximum atomic E-state index is 14.8. The molecule has 7 rings (SSSR count). The molecule has 2 atom stereocenters. The number of piperidine rings is 1. The van der Waals surface area contributed by atoms with Crippen molar-refractivity contribution in [2.24, 2.45) is 0 Å². The maximum absolute atomic E-state index is 14.8. The van der Waals surface area contributed by atoms with E-state index in [1.165, 1.54) is 12.3 Å². The predicted octanol–water partition coefficient (Wildman–Crippen LogP) is 5.48. The Morgan fingerprint density at radius 3 is 2.58 bits per heavy atom. The molecule has 9 nitrogen and oxygen atoms in total. The summed E-state index contributed by atoms with van der Waals surface area (Å²) in [5, 5.41) is 9.17. The zero-order chi connectivity index (χ0) is 27.4. The van der Waals surface area contributed by atoms with Crippen LogP contribution in [-0.4, -0.2) is 55.4 Å². The van der Waals surface area contributed by atoms with Gasteiger partial charge in [0.15, 0.2) is 22.4 Å². The summed E-state index contributed by atoms with van der Waals surface area (Å²) in [5.74, 6) is 0.0139. The topological polar surface area (TPSA) is 87.4 Å². The summed E-state index contributed by atoms with van der Waals surface area (Å²) in [7, 11) is 0. The van der Waals surface area contributed by atoms with Gasteiger partial charge < -0.3 is 18.8 Å².